The van der Waals surface area contributed by atoms with Crippen LogP contribution in [0.1, 0.15) is 16.7 Å². The summed E-state index contributed by atoms with van der Waals surface area (Å²) in [4.78, 5) is 21.6. The van der Waals surface area contributed by atoms with E-state index < -0.39 is 6.17 Å². The molecule has 0 saturated carbocycles. The second-order valence-electron chi connectivity index (χ2n) is 7.65. The maximum absolute atomic E-state index is 13.4. The SMILES string of the molecule is Cc1cccc(N(C)C(=S)NC2N=C(c3ccccc3)c3cc(Cl)ccc3N(C)C2=O)c1. The van der Waals surface area contributed by atoms with Crippen molar-refractivity contribution in [2.24, 2.45) is 4.99 Å². The van der Waals surface area contributed by atoms with Crippen LogP contribution in [-0.2, 0) is 4.79 Å². The minimum atomic E-state index is -0.888. The fourth-order valence-corrected chi connectivity index (χ4v) is 4.02. The van der Waals surface area contributed by atoms with Gasteiger partial charge in [-0.2, -0.15) is 0 Å². The van der Waals surface area contributed by atoms with Gasteiger partial charge in [0.2, 0.25) is 6.17 Å². The van der Waals surface area contributed by atoms with Crippen molar-refractivity contribution in [1.29, 1.82) is 0 Å². The number of hydrogen-bond acceptors (Lipinski definition) is 3. The highest BCUT2D eigenvalue weighted by Gasteiger charge is 2.31. The van der Waals surface area contributed by atoms with Gasteiger partial charge in [-0.3, -0.25) is 4.79 Å². The maximum atomic E-state index is 13.4. The molecule has 1 atom stereocenters. The number of nitrogens with one attached hydrogen (secondary N) is 1. The highest BCUT2D eigenvalue weighted by molar-refractivity contribution is 7.80. The third kappa shape index (κ3) is 4.38. The van der Waals surface area contributed by atoms with Crippen molar-refractivity contribution >= 4 is 51.9 Å². The fraction of sp³-hybridized carbons (Fsp3) is 0.160. The molecule has 1 aliphatic rings. The largest absolute Gasteiger partial charge is 0.333 e. The summed E-state index contributed by atoms with van der Waals surface area (Å²) in [5.41, 5.74) is 5.16. The first-order valence-corrected chi connectivity index (χ1v) is 11.0. The number of aryl methyl sites for hydroxylation is 1. The molecule has 0 spiro atoms. The number of likely N-dealkylation sites (N-methyl/N-ethyl adjacent to an activating group) is 1. The van der Waals surface area contributed by atoms with Crippen LogP contribution in [0.25, 0.3) is 0 Å². The number of carbonyl (C=O) groups is 1. The highest BCUT2D eigenvalue weighted by atomic mass is 35.5. The van der Waals surface area contributed by atoms with E-state index in [9.17, 15) is 4.79 Å². The minimum Gasteiger partial charge on any atom is -0.333 e. The van der Waals surface area contributed by atoms with Gasteiger partial charge >= 0.3 is 0 Å². The van der Waals surface area contributed by atoms with Gasteiger partial charge in [0.1, 0.15) is 0 Å². The number of benzodiazepines with no additional fused rings is 1. The molecule has 0 radical (unpaired) electrons. The van der Waals surface area contributed by atoms with E-state index in [1.54, 1.807) is 18.0 Å². The van der Waals surface area contributed by atoms with Gasteiger partial charge in [0.15, 0.2) is 5.11 Å². The van der Waals surface area contributed by atoms with E-state index >= 15 is 0 Å². The van der Waals surface area contributed by atoms with Crippen LogP contribution in [0.2, 0.25) is 5.02 Å². The molecule has 5 nitrogen and oxygen atoms in total. The van der Waals surface area contributed by atoms with E-state index in [2.05, 4.69) is 5.32 Å². The Balaban J connectivity index is 1.74. The maximum Gasteiger partial charge on any atom is 0.272 e. The lowest BCUT2D eigenvalue weighted by atomic mass is 10.0. The Kier molecular flexibility index (Phi) is 6.26. The van der Waals surface area contributed by atoms with Crippen molar-refractivity contribution in [3.63, 3.8) is 0 Å². The first-order valence-electron chi connectivity index (χ1n) is 10.2. The lowest BCUT2D eigenvalue weighted by Crippen LogP contribution is -2.49. The average Bonchev–Trinajstić information content (AvgIpc) is 2.89. The van der Waals surface area contributed by atoms with Crippen molar-refractivity contribution in [3.8, 4) is 0 Å². The fourth-order valence-electron chi connectivity index (χ4n) is 3.63. The van der Waals surface area contributed by atoms with E-state index in [0.717, 1.165) is 28.1 Å². The van der Waals surface area contributed by atoms with E-state index in [-0.39, 0.29) is 5.91 Å². The summed E-state index contributed by atoms with van der Waals surface area (Å²) in [6.45, 7) is 2.02. The normalized spacial score (nSPS) is 15.5. The van der Waals surface area contributed by atoms with Crippen LogP contribution in [0.3, 0.4) is 0 Å². The number of aliphatic imine (C=N–C) groups is 1. The monoisotopic (exact) mass is 462 g/mol. The molecule has 1 N–H and O–H groups in total. The van der Waals surface area contributed by atoms with Gasteiger partial charge in [-0.05, 0) is 55.0 Å². The molecule has 0 fully saturated rings. The minimum absolute atomic E-state index is 0.209. The number of benzene rings is 3. The third-order valence-corrected chi connectivity index (χ3v) is 6.03. The molecule has 1 amide bonds. The Bertz CT molecular complexity index is 1210. The standard InChI is InChI=1S/C25H23ClN4OS/c1-16-8-7-11-19(14-16)29(2)25(32)28-23-24(31)30(3)21-13-12-18(26)15-20(21)22(27-23)17-9-5-4-6-10-17/h4-15,23H,1-3H3,(H,28,32). The summed E-state index contributed by atoms with van der Waals surface area (Å²) >= 11 is 11.9. The summed E-state index contributed by atoms with van der Waals surface area (Å²) in [6, 6.07) is 23.2. The van der Waals surface area contributed by atoms with Gasteiger partial charge in [-0.1, -0.05) is 54.1 Å². The molecule has 0 bridgehead atoms. The van der Waals surface area contributed by atoms with Gasteiger partial charge < -0.3 is 15.1 Å². The van der Waals surface area contributed by atoms with Gasteiger partial charge in [0.05, 0.1) is 11.4 Å². The van der Waals surface area contributed by atoms with Crippen LogP contribution < -0.4 is 15.1 Å². The molecule has 1 aliphatic heterocycles. The third-order valence-electron chi connectivity index (χ3n) is 5.40. The number of halogens is 1. The summed E-state index contributed by atoms with van der Waals surface area (Å²) in [7, 11) is 3.60. The van der Waals surface area contributed by atoms with Gasteiger partial charge in [-0.15, -0.1) is 0 Å². The number of carbonyl (C=O) groups excluding carboxylic acids is 1. The Hall–Kier alpha value is -3.22. The second kappa shape index (κ2) is 9.10. The molecule has 7 heteroatoms. The average molecular weight is 463 g/mol. The molecule has 32 heavy (non-hydrogen) atoms. The molecule has 0 saturated heterocycles. The Morgan fingerprint density at radius 3 is 2.56 bits per heavy atom. The first-order chi connectivity index (χ1) is 15.3. The molecule has 1 heterocycles. The summed E-state index contributed by atoms with van der Waals surface area (Å²) in [5.74, 6) is -0.209. The topological polar surface area (TPSA) is 47.9 Å². The quantitative estimate of drug-likeness (QED) is 0.568. The Morgan fingerprint density at radius 2 is 1.84 bits per heavy atom. The molecule has 162 valence electrons. The molecule has 3 aromatic carbocycles. The zero-order valence-electron chi connectivity index (χ0n) is 18.0. The number of amides is 1. The van der Waals surface area contributed by atoms with E-state index in [1.165, 1.54) is 0 Å². The predicted molar refractivity (Wildman–Crippen MR) is 136 cm³/mol. The van der Waals surface area contributed by atoms with E-state index in [4.69, 9.17) is 28.8 Å². The van der Waals surface area contributed by atoms with Crippen molar-refractivity contribution < 1.29 is 4.79 Å². The summed E-state index contributed by atoms with van der Waals surface area (Å²) < 4.78 is 0. The van der Waals surface area contributed by atoms with E-state index in [1.807, 2.05) is 85.6 Å². The summed E-state index contributed by atoms with van der Waals surface area (Å²) in [5, 5.41) is 4.13. The number of anilines is 2. The van der Waals surface area contributed by atoms with Gasteiger partial charge in [-0.25, -0.2) is 4.99 Å². The van der Waals surface area contributed by atoms with Crippen LogP contribution in [0, 0.1) is 6.92 Å². The van der Waals surface area contributed by atoms with Crippen LogP contribution >= 0.6 is 23.8 Å². The Morgan fingerprint density at radius 1 is 1.09 bits per heavy atom. The molecule has 0 aromatic heterocycles. The lowest BCUT2D eigenvalue weighted by Gasteiger charge is -2.26. The zero-order chi connectivity index (χ0) is 22.8. The molecule has 0 aliphatic carbocycles. The van der Waals surface area contributed by atoms with Crippen LogP contribution in [0.4, 0.5) is 11.4 Å². The molecular formula is C25H23ClN4OS. The second-order valence-corrected chi connectivity index (χ2v) is 8.48. The Labute approximate surface area is 198 Å². The lowest BCUT2D eigenvalue weighted by molar-refractivity contribution is -0.119. The van der Waals surface area contributed by atoms with Crippen LogP contribution in [-0.4, -0.2) is 37.0 Å². The number of fused-ring (bicyclic) bond motifs is 1. The number of nitrogens with zero attached hydrogens (tertiary/aromatic N) is 3. The van der Waals surface area contributed by atoms with Crippen molar-refractivity contribution in [2.45, 2.75) is 13.1 Å². The number of rotatable bonds is 3. The van der Waals surface area contributed by atoms with Crippen molar-refractivity contribution in [1.82, 2.24) is 5.32 Å². The summed E-state index contributed by atoms with van der Waals surface area (Å²) in [6.07, 6.45) is -0.888. The van der Waals surface area contributed by atoms with Crippen molar-refractivity contribution in [3.05, 3.63) is 94.5 Å². The zero-order valence-corrected chi connectivity index (χ0v) is 19.6. The van der Waals surface area contributed by atoms with Gasteiger partial charge in [0, 0.05) is 35.9 Å². The predicted octanol–water partition coefficient (Wildman–Crippen LogP) is 4.80. The highest BCUT2D eigenvalue weighted by Crippen LogP contribution is 2.30. The first kappa shape index (κ1) is 22.0. The van der Waals surface area contributed by atoms with E-state index in [0.29, 0.717) is 15.8 Å². The molecular weight excluding hydrogens is 440 g/mol. The molecule has 4 rings (SSSR count). The molecule has 1 unspecified atom stereocenters. The van der Waals surface area contributed by atoms with Gasteiger partial charge in [0.25, 0.3) is 5.91 Å². The van der Waals surface area contributed by atoms with Crippen molar-refractivity contribution in [2.75, 3.05) is 23.9 Å². The smallest absolute Gasteiger partial charge is 0.272 e. The van der Waals surface area contributed by atoms with Crippen LogP contribution in [0.5, 0.6) is 0 Å². The molecule has 3 aromatic rings. The van der Waals surface area contributed by atoms with Crippen LogP contribution in [0.15, 0.2) is 77.8 Å². The number of hydrogen-bond donors (Lipinski definition) is 1. The number of thiocarbonyl (C=S) groups is 1.